The van der Waals surface area contributed by atoms with Crippen LogP contribution in [0.15, 0.2) is 18.2 Å². The van der Waals surface area contributed by atoms with Crippen molar-refractivity contribution in [2.45, 2.75) is 0 Å². The number of ketones is 1. The number of hydrogen-bond acceptors (Lipinski definition) is 3. The highest BCUT2D eigenvalue weighted by Crippen LogP contribution is 2.04. The lowest BCUT2D eigenvalue weighted by Crippen LogP contribution is -2.19. The van der Waals surface area contributed by atoms with Gasteiger partial charge in [0.05, 0.1) is 6.54 Å². The molecule has 1 aromatic rings. The molecule has 1 rings (SSSR count). The van der Waals surface area contributed by atoms with Crippen molar-refractivity contribution in [2.75, 3.05) is 13.6 Å². The zero-order valence-electron chi connectivity index (χ0n) is 6.67. The van der Waals surface area contributed by atoms with E-state index in [0.717, 1.165) is 0 Å². The quantitative estimate of drug-likeness (QED) is 0.566. The maximum absolute atomic E-state index is 11.2. The standard InChI is InChI=1S/C8H9ClN2O/c1-10-5-7(12)6-3-2-4-8(9)11-6/h2-4,10H,5H2,1H3. The summed E-state index contributed by atoms with van der Waals surface area (Å²) in [5, 5.41) is 3.10. The second-order valence-corrected chi connectivity index (χ2v) is 2.69. The van der Waals surface area contributed by atoms with Gasteiger partial charge < -0.3 is 5.32 Å². The van der Waals surface area contributed by atoms with Crippen molar-refractivity contribution >= 4 is 17.4 Å². The first kappa shape index (κ1) is 9.16. The van der Waals surface area contributed by atoms with Gasteiger partial charge in [-0.05, 0) is 19.2 Å². The summed E-state index contributed by atoms with van der Waals surface area (Å²) in [5.74, 6) is -0.0556. The van der Waals surface area contributed by atoms with Crippen molar-refractivity contribution in [2.24, 2.45) is 0 Å². The fourth-order valence-corrected chi connectivity index (χ4v) is 0.978. The minimum Gasteiger partial charge on any atom is -0.313 e. The molecule has 0 bridgehead atoms. The van der Waals surface area contributed by atoms with Gasteiger partial charge in [-0.25, -0.2) is 4.98 Å². The number of likely N-dealkylation sites (N-methyl/N-ethyl adjacent to an activating group) is 1. The van der Waals surface area contributed by atoms with Crippen molar-refractivity contribution in [3.05, 3.63) is 29.0 Å². The van der Waals surface area contributed by atoms with Crippen LogP contribution >= 0.6 is 11.6 Å². The Balaban J connectivity index is 2.81. The molecule has 0 radical (unpaired) electrons. The van der Waals surface area contributed by atoms with Crippen LogP contribution in [0.25, 0.3) is 0 Å². The Morgan fingerprint density at radius 3 is 3.00 bits per heavy atom. The summed E-state index contributed by atoms with van der Waals surface area (Å²) < 4.78 is 0. The molecule has 0 atom stereocenters. The van der Waals surface area contributed by atoms with Crippen molar-refractivity contribution in [3.63, 3.8) is 0 Å². The van der Waals surface area contributed by atoms with Gasteiger partial charge >= 0.3 is 0 Å². The monoisotopic (exact) mass is 184 g/mol. The van der Waals surface area contributed by atoms with E-state index in [1.54, 1.807) is 25.2 Å². The largest absolute Gasteiger partial charge is 0.313 e. The Kier molecular flexibility index (Phi) is 3.19. The Morgan fingerprint density at radius 2 is 2.42 bits per heavy atom. The number of hydrogen-bond donors (Lipinski definition) is 1. The third-order valence-corrected chi connectivity index (χ3v) is 1.55. The van der Waals surface area contributed by atoms with Gasteiger partial charge in [0.1, 0.15) is 10.8 Å². The van der Waals surface area contributed by atoms with Gasteiger partial charge in [0.25, 0.3) is 0 Å². The first-order chi connectivity index (χ1) is 5.74. The van der Waals surface area contributed by atoms with Crippen LogP contribution in [-0.2, 0) is 0 Å². The molecule has 1 heterocycles. The number of carbonyl (C=O) groups excluding carboxylic acids is 1. The summed E-state index contributed by atoms with van der Waals surface area (Å²) in [6.45, 7) is 0.285. The minimum atomic E-state index is -0.0556. The van der Waals surface area contributed by atoms with Gasteiger partial charge in [-0.15, -0.1) is 0 Å². The van der Waals surface area contributed by atoms with Gasteiger partial charge in [-0.1, -0.05) is 17.7 Å². The molecule has 3 nitrogen and oxygen atoms in total. The van der Waals surface area contributed by atoms with Crippen molar-refractivity contribution in [3.8, 4) is 0 Å². The highest BCUT2D eigenvalue weighted by Gasteiger charge is 2.05. The molecule has 0 aromatic carbocycles. The summed E-state index contributed by atoms with van der Waals surface area (Å²) >= 11 is 5.61. The SMILES string of the molecule is CNCC(=O)c1cccc(Cl)n1. The highest BCUT2D eigenvalue weighted by atomic mass is 35.5. The molecular formula is C8H9ClN2O. The molecular weight excluding hydrogens is 176 g/mol. The van der Waals surface area contributed by atoms with E-state index in [2.05, 4.69) is 10.3 Å². The van der Waals surface area contributed by atoms with Crippen LogP contribution in [0.5, 0.6) is 0 Å². The van der Waals surface area contributed by atoms with E-state index < -0.39 is 0 Å². The third kappa shape index (κ3) is 2.29. The molecule has 1 N–H and O–H groups in total. The van der Waals surface area contributed by atoms with Crippen LogP contribution in [0.1, 0.15) is 10.5 Å². The number of rotatable bonds is 3. The Bertz CT molecular complexity index is 288. The maximum atomic E-state index is 11.2. The van der Waals surface area contributed by atoms with Crippen LogP contribution in [0, 0.1) is 0 Å². The number of halogens is 1. The van der Waals surface area contributed by atoms with E-state index in [-0.39, 0.29) is 12.3 Å². The van der Waals surface area contributed by atoms with E-state index in [9.17, 15) is 4.79 Å². The summed E-state index contributed by atoms with van der Waals surface area (Å²) in [4.78, 5) is 15.1. The smallest absolute Gasteiger partial charge is 0.194 e. The molecule has 64 valence electrons. The molecule has 0 aliphatic carbocycles. The Hall–Kier alpha value is -0.930. The van der Waals surface area contributed by atoms with Crippen molar-refractivity contribution < 1.29 is 4.79 Å². The molecule has 0 aliphatic heterocycles. The predicted octanol–water partition coefficient (Wildman–Crippen LogP) is 1.14. The molecule has 12 heavy (non-hydrogen) atoms. The first-order valence-electron chi connectivity index (χ1n) is 3.54. The molecule has 0 unspecified atom stereocenters. The molecule has 0 saturated heterocycles. The number of carbonyl (C=O) groups is 1. The third-order valence-electron chi connectivity index (χ3n) is 1.34. The number of nitrogens with one attached hydrogen (secondary N) is 1. The van der Waals surface area contributed by atoms with Crippen LogP contribution in [0.2, 0.25) is 5.15 Å². The van der Waals surface area contributed by atoms with Gasteiger partial charge in [-0.3, -0.25) is 4.79 Å². The summed E-state index contributed by atoms with van der Waals surface area (Å²) in [6, 6.07) is 4.99. The minimum absolute atomic E-state index is 0.0556. The fourth-order valence-electron chi connectivity index (χ4n) is 0.815. The van der Waals surface area contributed by atoms with Crippen LogP contribution in [-0.4, -0.2) is 24.4 Å². The summed E-state index contributed by atoms with van der Waals surface area (Å²) in [5.41, 5.74) is 0.400. The second kappa shape index (κ2) is 4.18. The number of pyridine rings is 1. The van der Waals surface area contributed by atoms with Gasteiger partial charge in [0, 0.05) is 0 Å². The molecule has 0 aliphatic rings. The van der Waals surface area contributed by atoms with Crippen molar-refractivity contribution in [1.82, 2.24) is 10.3 Å². The van der Waals surface area contributed by atoms with Gasteiger partial charge in [-0.2, -0.15) is 0 Å². The van der Waals surface area contributed by atoms with Crippen LogP contribution in [0.3, 0.4) is 0 Å². The second-order valence-electron chi connectivity index (χ2n) is 2.30. The average molecular weight is 185 g/mol. The van der Waals surface area contributed by atoms with E-state index in [4.69, 9.17) is 11.6 Å². The first-order valence-corrected chi connectivity index (χ1v) is 3.92. The molecule has 4 heteroatoms. The van der Waals surface area contributed by atoms with Gasteiger partial charge in [0.2, 0.25) is 0 Å². The van der Waals surface area contributed by atoms with E-state index in [0.29, 0.717) is 10.8 Å². The topological polar surface area (TPSA) is 42.0 Å². The lowest BCUT2D eigenvalue weighted by atomic mass is 10.2. The van der Waals surface area contributed by atoms with E-state index in [1.807, 2.05) is 0 Å². The molecule has 0 spiro atoms. The maximum Gasteiger partial charge on any atom is 0.194 e. The number of aromatic nitrogens is 1. The highest BCUT2D eigenvalue weighted by molar-refractivity contribution is 6.29. The molecule has 1 aromatic heterocycles. The lowest BCUT2D eigenvalue weighted by molar-refractivity contribution is 0.0989. The van der Waals surface area contributed by atoms with E-state index >= 15 is 0 Å². The number of nitrogens with zero attached hydrogens (tertiary/aromatic N) is 1. The normalized spacial score (nSPS) is 9.83. The fraction of sp³-hybridized carbons (Fsp3) is 0.250. The van der Waals surface area contributed by atoms with Crippen LogP contribution in [0.4, 0.5) is 0 Å². The zero-order chi connectivity index (χ0) is 8.97. The average Bonchev–Trinajstić information content (AvgIpc) is 2.05. The number of Topliss-reactive ketones (excluding diaryl/α,β-unsaturated/α-hetero) is 1. The Morgan fingerprint density at radius 1 is 1.67 bits per heavy atom. The molecule has 0 saturated carbocycles. The van der Waals surface area contributed by atoms with Gasteiger partial charge in [0.15, 0.2) is 5.78 Å². The molecule has 0 amide bonds. The molecule has 0 fully saturated rings. The Labute approximate surface area is 75.8 Å². The summed E-state index contributed by atoms with van der Waals surface area (Å²) in [6.07, 6.45) is 0. The summed E-state index contributed by atoms with van der Waals surface area (Å²) in [7, 11) is 1.71. The predicted molar refractivity (Wildman–Crippen MR) is 47.5 cm³/mol. The zero-order valence-corrected chi connectivity index (χ0v) is 7.43. The van der Waals surface area contributed by atoms with E-state index in [1.165, 1.54) is 0 Å². The lowest BCUT2D eigenvalue weighted by Gasteiger charge is -1.98. The van der Waals surface area contributed by atoms with Crippen LogP contribution < -0.4 is 5.32 Å². The van der Waals surface area contributed by atoms with Crippen molar-refractivity contribution in [1.29, 1.82) is 0 Å².